The second kappa shape index (κ2) is 7.47. The number of carbonyl (C=O) groups is 1. The molecule has 2 heterocycles. The van der Waals surface area contributed by atoms with E-state index in [9.17, 15) is 4.79 Å². The van der Waals surface area contributed by atoms with Crippen molar-refractivity contribution in [3.8, 4) is 11.3 Å². The van der Waals surface area contributed by atoms with Gasteiger partial charge in [-0.1, -0.05) is 42.5 Å². The van der Waals surface area contributed by atoms with Gasteiger partial charge in [0.1, 0.15) is 0 Å². The number of hydroxylamine groups is 2. The molecule has 2 aromatic heterocycles. The predicted molar refractivity (Wildman–Crippen MR) is 101 cm³/mol. The molecule has 3 aromatic rings. The third-order valence-electron chi connectivity index (χ3n) is 4.16. The van der Waals surface area contributed by atoms with Gasteiger partial charge in [-0.25, -0.2) is 14.9 Å². The van der Waals surface area contributed by atoms with Gasteiger partial charge in [-0.15, -0.1) is 0 Å². The molecule has 0 saturated carbocycles. The van der Waals surface area contributed by atoms with Crippen molar-refractivity contribution in [2.75, 3.05) is 14.2 Å². The molecule has 26 heavy (non-hydrogen) atoms. The Bertz CT molecular complexity index is 1050. The minimum atomic E-state index is -0.170. The molecule has 0 aliphatic rings. The van der Waals surface area contributed by atoms with Crippen molar-refractivity contribution in [3.05, 3.63) is 52.7 Å². The minimum Gasteiger partial charge on any atom is -0.354 e. The van der Waals surface area contributed by atoms with E-state index < -0.39 is 0 Å². The topological polar surface area (TPSA) is 67.5 Å². The first-order valence-electron chi connectivity index (χ1n) is 7.92. The fourth-order valence-corrected chi connectivity index (χ4v) is 3.13. The van der Waals surface area contributed by atoms with Gasteiger partial charge in [0.25, 0.3) is 0 Å². The van der Waals surface area contributed by atoms with Crippen LogP contribution < -0.4 is 0 Å². The molecule has 0 aliphatic heterocycles. The van der Waals surface area contributed by atoms with Crippen LogP contribution in [0.15, 0.2) is 36.7 Å². The van der Waals surface area contributed by atoms with Gasteiger partial charge in [-0.05, 0) is 5.56 Å². The average molecular weight is 367 g/mol. The van der Waals surface area contributed by atoms with Crippen LogP contribution in [0.5, 0.6) is 0 Å². The molecular weight excluding hydrogens is 350 g/mol. The maximum Gasteiger partial charge on any atom is 0.247 e. The number of rotatable bonds is 5. The molecule has 1 aromatic carbocycles. The lowest BCUT2D eigenvalue weighted by atomic mass is 10.1. The van der Waals surface area contributed by atoms with Crippen LogP contribution in [-0.4, -0.2) is 39.7 Å². The van der Waals surface area contributed by atoms with Crippen molar-refractivity contribution >= 4 is 34.8 Å². The predicted octanol–water partition coefficient (Wildman–Crippen LogP) is 3.72. The van der Waals surface area contributed by atoms with Gasteiger partial charge in [-0.2, -0.15) is 0 Å². The van der Waals surface area contributed by atoms with E-state index in [-0.39, 0.29) is 12.3 Å². The monoisotopic (exact) mass is 367 g/mol. The first kappa shape index (κ1) is 17.8. The van der Waals surface area contributed by atoms with Crippen LogP contribution in [0.25, 0.3) is 27.1 Å². The summed E-state index contributed by atoms with van der Waals surface area (Å²) in [6, 6.07) is 9.59. The molecule has 0 saturated heterocycles. The van der Waals surface area contributed by atoms with E-state index in [0.29, 0.717) is 27.9 Å². The Morgan fingerprint density at radius 2 is 2.15 bits per heavy atom. The van der Waals surface area contributed by atoms with Crippen LogP contribution in [-0.2, 0) is 16.2 Å². The van der Waals surface area contributed by atoms with Gasteiger partial charge >= 0.3 is 0 Å². The quantitative estimate of drug-likeness (QED) is 0.424. The number of aromatic nitrogens is 3. The number of hydrogen-bond donors (Lipinski definition) is 1. The average Bonchev–Trinajstić information content (AvgIpc) is 3.00. The van der Waals surface area contributed by atoms with Crippen LogP contribution >= 0.6 is 12.2 Å². The zero-order valence-corrected chi connectivity index (χ0v) is 15.2. The fraction of sp³-hybridized carbons (Fsp3) is 0.222. The van der Waals surface area contributed by atoms with Gasteiger partial charge in [0.05, 0.1) is 36.7 Å². The summed E-state index contributed by atoms with van der Waals surface area (Å²) >= 11 is 5.39. The number of H-pyrrole nitrogens is 1. The summed E-state index contributed by atoms with van der Waals surface area (Å²) < 4.78 is 2.28. The SMILES string of the molecule is [C-]#[N+]c1c(-c2ccccc2)n(CCC(=O)N(C)OC)c2c(=S)nc[nH]c12. The van der Waals surface area contributed by atoms with Crippen LogP contribution in [0.2, 0.25) is 0 Å². The van der Waals surface area contributed by atoms with E-state index in [1.807, 2.05) is 34.9 Å². The maximum absolute atomic E-state index is 12.2. The van der Waals surface area contributed by atoms with Crippen LogP contribution in [0.1, 0.15) is 6.42 Å². The molecule has 3 rings (SSSR count). The fourth-order valence-electron chi connectivity index (χ4n) is 2.87. The Morgan fingerprint density at radius 1 is 1.42 bits per heavy atom. The molecule has 0 spiro atoms. The van der Waals surface area contributed by atoms with Gasteiger partial charge in [0, 0.05) is 20.0 Å². The summed E-state index contributed by atoms with van der Waals surface area (Å²) in [5.41, 5.74) is 3.35. The van der Waals surface area contributed by atoms with E-state index in [1.165, 1.54) is 18.5 Å². The Balaban J connectivity index is 2.21. The van der Waals surface area contributed by atoms with Crippen molar-refractivity contribution in [1.29, 1.82) is 0 Å². The zero-order chi connectivity index (χ0) is 18.7. The van der Waals surface area contributed by atoms with Crippen molar-refractivity contribution < 1.29 is 9.63 Å². The lowest BCUT2D eigenvalue weighted by Gasteiger charge is -2.15. The highest BCUT2D eigenvalue weighted by atomic mass is 32.1. The lowest BCUT2D eigenvalue weighted by molar-refractivity contribution is -0.168. The Hall–Kier alpha value is -3.02. The molecular formula is C18H17N5O2S. The molecule has 8 heteroatoms. The van der Waals surface area contributed by atoms with E-state index in [2.05, 4.69) is 14.8 Å². The van der Waals surface area contributed by atoms with Crippen molar-refractivity contribution in [3.63, 3.8) is 0 Å². The number of nitrogens with zero attached hydrogens (tertiary/aromatic N) is 4. The van der Waals surface area contributed by atoms with E-state index in [4.69, 9.17) is 23.6 Å². The standard InChI is InChI=1S/C18H17N5O2S/c1-19-14-15-17(18(26)21-11-20-15)23(10-9-13(24)22(2)25-3)16(14)12-7-5-4-6-8-12/h4-8,11H,9-10H2,2-3H3,(H,20,21,26). The number of aromatic amines is 1. The molecule has 1 N–H and O–H groups in total. The highest BCUT2D eigenvalue weighted by Gasteiger charge is 2.21. The highest BCUT2D eigenvalue weighted by Crippen LogP contribution is 2.39. The number of fused-ring (bicyclic) bond motifs is 1. The molecule has 0 unspecified atom stereocenters. The summed E-state index contributed by atoms with van der Waals surface area (Å²) in [6.07, 6.45) is 1.69. The third-order valence-corrected chi connectivity index (χ3v) is 4.46. The van der Waals surface area contributed by atoms with Crippen LogP contribution in [0, 0.1) is 11.2 Å². The van der Waals surface area contributed by atoms with E-state index >= 15 is 0 Å². The minimum absolute atomic E-state index is 0.170. The third kappa shape index (κ3) is 3.10. The number of benzene rings is 1. The van der Waals surface area contributed by atoms with Crippen LogP contribution in [0.3, 0.4) is 0 Å². The first-order valence-corrected chi connectivity index (χ1v) is 8.32. The molecule has 1 amide bonds. The Kier molecular flexibility index (Phi) is 5.11. The Morgan fingerprint density at radius 3 is 2.81 bits per heavy atom. The van der Waals surface area contributed by atoms with Crippen molar-refractivity contribution in [2.45, 2.75) is 13.0 Å². The summed E-state index contributed by atoms with van der Waals surface area (Å²) in [6.45, 7) is 8.01. The van der Waals surface area contributed by atoms with Crippen LogP contribution in [0.4, 0.5) is 5.69 Å². The first-order chi connectivity index (χ1) is 12.6. The summed E-state index contributed by atoms with van der Waals surface area (Å²) in [7, 11) is 3.00. The van der Waals surface area contributed by atoms with Gasteiger partial charge in [-0.3, -0.25) is 9.63 Å². The van der Waals surface area contributed by atoms with E-state index in [0.717, 1.165) is 11.3 Å². The summed E-state index contributed by atoms with van der Waals surface area (Å²) in [5, 5.41) is 1.18. The molecule has 0 aliphatic carbocycles. The number of aryl methyl sites for hydroxylation is 1. The molecule has 0 bridgehead atoms. The summed E-state index contributed by atoms with van der Waals surface area (Å²) in [5.74, 6) is -0.170. The van der Waals surface area contributed by atoms with E-state index in [1.54, 1.807) is 7.05 Å². The second-order valence-electron chi connectivity index (χ2n) is 5.58. The second-order valence-corrected chi connectivity index (χ2v) is 5.97. The number of amides is 1. The molecule has 7 nitrogen and oxygen atoms in total. The van der Waals surface area contributed by atoms with Gasteiger partial charge < -0.3 is 9.55 Å². The maximum atomic E-state index is 12.2. The van der Waals surface area contributed by atoms with Crippen molar-refractivity contribution in [2.24, 2.45) is 0 Å². The highest BCUT2D eigenvalue weighted by molar-refractivity contribution is 7.71. The summed E-state index contributed by atoms with van der Waals surface area (Å²) in [4.78, 5) is 28.0. The molecule has 0 radical (unpaired) electrons. The zero-order valence-electron chi connectivity index (χ0n) is 14.4. The number of nitrogens with one attached hydrogen (secondary N) is 1. The van der Waals surface area contributed by atoms with Gasteiger partial charge in [0.15, 0.2) is 4.64 Å². The lowest BCUT2D eigenvalue weighted by Crippen LogP contribution is -2.26. The molecule has 132 valence electrons. The molecule has 0 atom stereocenters. The number of carbonyl (C=O) groups excluding carboxylic acids is 1. The molecule has 0 fully saturated rings. The number of hydrogen-bond acceptors (Lipinski definition) is 4. The Labute approximate surface area is 155 Å². The van der Waals surface area contributed by atoms with Crippen molar-refractivity contribution in [1.82, 2.24) is 19.6 Å². The van der Waals surface area contributed by atoms with Gasteiger partial charge in [0.2, 0.25) is 11.6 Å². The normalized spacial score (nSPS) is 10.7. The largest absolute Gasteiger partial charge is 0.354 e. The smallest absolute Gasteiger partial charge is 0.247 e.